The number of aryl methyl sites for hydroxylation is 1. The summed E-state index contributed by atoms with van der Waals surface area (Å²) in [6, 6.07) is 10.5. The molecule has 0 aromatic heterocycles. The summed E-state index contributed by atoms with van der Waals surface area (Å²) in [5.74, 6) is -2.08. The maximum Gasteiger partial charge on any atom is 0.260 e. The lowest BCUT2D eigenvalue weighted by atomic mass is 10.1. The van der Waals surface area contributed by atoms with Gasteiger partial charge >= 0.3 is 0 Å². The van der Waals surface area contributed by atoms with Crippen molar-refractivity contribution in [2.24, 2.45) is 0 Å². The zero-order valence-corrected chi connectivity index (χ0v) is 15.7. The molecule has 3 rings (SSSR count). The van der Waals surface area contributed by atoms with E-state index in [0.29, 0.717) is 37.8 Å². The second-order valence-corrected chi connectivity index (χ2v) is 6.59. The number of nitrogens with zero attached hydrogens (tertiary/aromatic N) is 2. The topological polar surface area (TPSA) is 49.9 Å². The van der Waals surface area contributed by atoms with E-state index in [-0.39, 0.29) is 24.2 Å². The Labute approximate surface area is 162 Å². The van der Waals surface area contributed by atoms with Crippen LogP contribution in [0.1, 0.15) is 22.8 Å². The fourth-order valence-electron chi connectivity index (χ4n) is 3.05. The Morgan fingerprint density at radius 1 is 0.964 bits per heavy atom. The zero-order chi connectivity index (χ0) is 20.1. The molecule has 0 radical (unpaired) electrons. The number of carbonyl (C=O) groups excluding carboxylic acids is 2. The maximum atomic E-state index is 13.6. The first kappa shape index (κ1) is 19.8. The number of hydrogen-bond donors (Lipinski definition) is 0. The Kier molecular flexibility index (Phi) is 6.23. The number of piperazine rings is 1. The predicted octanol–water partition coefficient (Wildman–Crippen LogP) is 2.89. The third kappa shape index (κ3) is 4.65. The van der Waals surface area contributed by atoms with Crippen molar-refractivity contribution in [1.29, 1.82) is 0 Å². The number of hydrogen-bond acceptors (Lipinski definition) is 3. The second-order valence-electron chi connectivity index (χ2n) is 6.59. The van der Waals surface area contributed by atoms with Gasteiger partial charge in [-0.1, -0.05) is 19.1 Å². The minimum absolute atomic E-state index is 0.0561. The molecule has 0 spiro atoms. The molecule has 1 heterocycles. The fourth-order valence-corrected chi connectivity index (χ4v) is 3.05. The van der Waals surface area contributed by atoms with Gasteiger partial charge in [-0.25, -0.2) is 8.78 Å². The van der Waals surface area contributed by atoms with Gasteiger partial charge in [-0.05, 0) is 36.2 Å². The Morgan fingerprint density at radius 3 is 2.21 bits per heavy atom. The van der Waals surface area contributed by atoms with Crippen molar-refractivity contribution in [1.82, 2.24) is 9.80 Å². The quantitative estimate of drug-likeness (QED) is 0.792. The molecule has 1 aliphatic heterocycles. The maximum absolute atomic E-state index is 13.6. The lowest BCUT2D eigenvalue weighted by Gasteiger charge is -2.34. The Bertz CT molecular complexity index is 847. The van der Waals surface area contributed by atoms with Gasteiger partial charge in [0, 0.05) is 37.8 Å². The summed E-state index contributed by atoms with van der Waals surface area (Å²) in [4.78, 5) is 28.1. The molecule has 1 fully saturated rings. The highest BCUT2D eigenvalue weighted by molar-refractivity contribution is 5.94. The van der Waals surface area contributed by atoms with E-state index in [1.165, 1.54) is 5.56 Å². The van der Waals surface area contributed by atoms with Crippen molar-refractivity contribution in [3.63, 3.8) is 0 Å². The van der Waals surface area contributed by atoms with E-state index in [0.717, 1.165) is 18.6 Å². The lowest BCUT2D eigenvalue weighted by molar-refractivity contribution is -0.134. The van der Waals surface area contributed by atoms with Crippen LogP contribution in [0.5, 0.6) is 5.75 Å². The number of halogens is 2. The third-order valence-corrected chi connectivity index (χ3v) is 4.77. The monoisotopic (exact) mass is 388 g/mol. The lowest BCUT2D eigenvalue weighted by Crippen LogP contribution is -2.51. The van der Waals surface area contributed by atoms with Crippen LogP contribution in [0.15, 0.2) is 42.5 Å². The van der Waals surface area contributed by atoms with Crippen LogP contribution < -0.4 is 4.74 Å². The summed E-state index contributed by atoms with van der Waals surface area (Å²) >= 11 is 0. The van der Waals surface area contributed by atoms with Crippen LogP contribution in [0.25, 0.3) is 0 Å². The standard InChI is InChI=1S/C21H22F2N2O3/c1-2-15-3-5-16(6-4-15)21(27)25-11-9-24(10-12-25)20(26)14-28-19-8-7-17(22)13-18(19)23/h3-8,13H,2,9-12,14H2,1H3. The predicted molar refractivity (Wildman–Crippen MR) is 100 cm³/mol. The molecule has 1 saturated heterocycles. The Morgan fingerprint density at radius 2 is 1.61 bits per heavy atom. The first-order valence-electron chi connectivity index (χ1n) is 9.21. The highest BCUT2D eigenvalue weighted by atomic mass is 19.1. The van der Waals surface area contributed by atoms with E-state index in [1.54, 1.807) is 9.80 Å². The van der Waals surface area contributed by atoms with Crippen LogP contribution in [-0.2, 0) is 11.2 Å². The molecule has 0 unspecified atom stereocenters. The molecule has 2 aromatic rings. The van der Waals surface area contributed by atoms with Crippen LogP contribution in [0.2, 0.25) is 0 Å². The molecule has 5 nitrogen and oxygen atoms in total. The summed E-state index contributed by atoms with van der Waals surface area (Å²) in [5.41, 5.74) is 1.80. The first-order valence-corrected chi connectivity index (χ1v) is 9.21. The molecule has 0 saturated carbocycles. The fraction of sp³-hybridized carbons (Fsp3) is 0.333. The van der Waals surface area contributed by atoms with E-state index in [2.05, 4.69) is 6.92 Å². The van der Waals surface area contributed by atoms with Crippen molar-refractivity contribution in [2.75, 3.05) is 32.8 Å². The van der Waals surface area contributed by atoms with E-state index in [1.807, 2.05) is 24.3 Å². The molecule has 2 amide bonds. The molecular weight excluding hydrogens is 366 g/mol. The third-order valence-electron chi connectivity index (χ3n) is 4.77. The van der Waals surface area contributed by atoms with E-state index < -0.39 is 11.6 Å². The average Bonchev–Trinajstić information content (AvgIpc) is 2.72. The highest BCUT2D eigenvalue weighted by Crippen LogP contribution is 2.18. The van der Waals surface area contributed by atoms with Crippen LogP contribution >= 0.6 is 0 Å². The summed E-state index contributed by atoms with van der Waals surface area (Å²) in [6.07, 6.45) is 0.916. The number of rotatable bonds is 5. The van der Waals surface area contributed by atoms with Crippen molar-refractivity contribution in [3.05, 3.63) is 65.2 Å². The minimum Gasteiger partial charge on any atom is -0.481 e. The van der Waals surface area contributed by atoms with Gasteiger partial charge in [0.1, 0.15) is 5.82 Å². The summed E-state index contributed by atoms with van der Waals surface area (Å²) in [5, 5.41) is 0. The number of benzene rings is 2. The van der Waals surface area contributed by atoms with E-state index in [9.17, 15) is 18.4 Å². The van der Waals surface area contributed by atoms with Gasteiger partial charge in [0.15, 0.2) is 18.2 Å². The number of carbonyl (C=O) groups is 2. The van der Waals surface area contributed by atoms with Crippen molar-refractivity contribution >= 4 is 11.8 Å². The highest BCUT2D eigenvalue weighted by Gasteiger charge is 2.25. The van der Waals surface area contributed by atoms with Gasteiger partial charge in [-0.3, -0.25) is 9.59 Å². The van der Waals surface area contributed by atoms with Gasteiger partial charge in [-0.2, -0.15) is 0 Å². The second kappa shape index (κ2) is 8.82. The van der Waals surface area contributed by atoms with Gasteiger partial charge in [0.05, 0.1) is 0 Å². The summed E-state index contributed by atoms with van der Waals surface area (Å²) < 4.78 is 31.6. The first-order chi connectivity index (χ1) is 13.5. The van der Waals surface area contributed by atoms with Crippen LogP contribution in [0, 0.1) is 11.6 Å². The summed E-state index contributed by atoms with van der Waals surface area (Å²) in [6.45, 7) is 3.33. The average molecular weight is 388 g/mol. The molecule has 7 heteroatoms. The number of amides is 2. The summed E-state index contributed by atoms with van der Waals surface area (Å²) in [7, 11) is 0. The van der Waals surface area contributed by atoms with Crippen LogP contribution in [0.4, 0.5) is 8.78 Å². The Balaban J connectivity index is 1.49. The molecule has 2 aromatic carbocycles. The van der Waals surface area contributed by atoms with Gasteiger partial charge in [0.25, 0.3) is 11.8 Å². The molecule has 1 aliphatic rings. The van der Waals surface area contributed by atoms with Gasteiger partial charge in [-0.15, -0.1) is 0 Å². The van der Waals surface area contributed by atoms with E-state index >= 15 is 0 Å². The molecule has 148 valence electrons. The number of ether oxygens (including phenoxy) is 1. The SMILES string of the molecule is CCc1ccc(C(=O)N2CCN(C(=O)COc3ccc(F)cc3F)CC2)cc1. The Hall–Kier alpha value is -2.96. The largest absolute Gasteiger partial charge is 0.481 e. The van der Waals surface area contributed by atoms with Crippen molar-refractivity contribution < 1.29 is 23.1 Å². The van der Waals surface area contributed by atoms with Crippen molar-refractivity contribution in [3.8, 4) is 5.75 Å². The van der Waals surface area contributed by atoms with Gasteiger partial charge < -0.3 is 14.5 Å². The minimum atomic E-state index is -0.850. The van der Waals surface area contributed by atoms with Gasteiger partial charge in [0.2, 0.25) is 0 Å². The molecular formula is C21H22F2N2O3. The van der Waals surface area contributed by atoms with Crippen LogP contribution in [-0.4, -0.2) is 54.4 Å². The molecule has 0 atom stereocenters. The molecule has 0 bridgehead atoms. The molecule has 0 aliphatic carbocycles. The molecule has 28 heavy (non-hydrogen) atoms. The van der Waals surface area contributed by atoms with E-state index in [4.69, 9.17) is 4.74 Å². The molecule has 0 N–H and O–H groups in total. The smallest absolute Gasteiger partial charge is 0.260 e. The zero-order valence-electron chi connectivity index (χ0n) is 15.7. The normalized spacial score (nSPS) is 14.1. The van der Waals surface area contributed by atoms with Crippen LogP contribution in [0.3, 0.4) is 0 Å². The van der Waals surface area contributed by atoms with Crippen molar-refractivity contribution in [2.45, 2.75) is 13.3 Å².